The van der Waals surface area contributed by atoms with Gasteiger partial charge in [-0.15, -0.1) is 0 Å². The first-order valence-electron chi connectivity index (χ1n) is 9.34. The fourth-order valence-corrected chi connectivity index (χ4v) is 3.61. The topological polar surface area (TPSA) is 124 Å². The van der Waals surface area contributed by atoms with Crippen LogP contribution in [0.2, 0.25) is 10.0 Å². The number of hydrogen-bond acceptors (Lipinski definition) is 7. The van der Waals surface area contributed by atoms with Gasteiger partial charge in [-0.1, -0.05) is 49.2 Å². The summed E-state index contributed by atoms with van der Waals surface area (Å²) in [6.45, 7) is 2.50. The van der Waals surface area contributed by atoms with Crippen LogP contribution in [0.4, 0.5) is 5.69 Å². The average Bonchev–Trinajstić information content (AvgIpc) is 2.97. The number of carbonyl (C=O) groups is 4. The molecule has 9 nitrogen and oxygen atoms in total. The summed E-state index contributed by atoms with van der Waals surface area (Å²) in [6, 6.07) is 6.17. The number of rotatable bonds is 7. The van der Waals surface area contributed by atoms with E-state index in [9.17, 15) is 29.3 Å². The number of non-ortho nitro benzene ring substituents is 1. The molecule has 2 aromatic carbocycles. The normalized spacial score (nSPS) is 13.8. The first-order chi connectivity index (χ1) is 15.0. The fraction of sp³-hybridized carbons (Fsp3) is 0.238. The summed E-state index contributed by atoms with van der Waals surface area (Å²) in [6.07, 6.45) is 0. The van der Waals surface area contributed by atoms with Crippen molar-refractivity contribution in [3.05, 3.63) is 73.2 Å². The molecular formula is C21H16Cl2N2O7. The predicted octanol–water partition coefficient (Wildman–Crippen LogP) is 3.95. The number of nitrogens with zero attached hydrogens (tertiary/aromatic N) is 2. The number of nitro benzene ring substituents is 1. The molecule has 0 spiro atoms. The molecule has 11 heteroatoms. The first kappa shape index (κ1) is 23.4. The molecule has 0 aromatic heterocycles. The van der Waals surface area contributed by atoms with E-state index in [-0.39, 0.29) is 32.4 Å². The predicted molar refractivity (Wildman–Crippen MR) is 114 cm³/mol. The van der Waals surface area contributed by atoms with E-state index in [2.05, 4.69) is 0 Å². The third-order valence-corrected chi connectivity index (χ3v) is 5.56. The Morgan fingerprint density at radius 3 is 2.12 bits per heavy atom. The molecule has 0 radical (unpaired) electrons. The minimum absolute atomic E-state index is 0.00974. The second-order valence-corrected chi connectivity index (χ2v) is 8.13. The van der Waals surface area contributed by atoms with Gasteiger partial charge in [-0.3, -0.25) is 29.4 Å². The Hall–Kier alpha value is -3.30. The van der Waals surface area contributed by atoms with Crippen molar-refractivity contribution in [3.63, 3.8) is 0 Å². The summed E-state index contributed by atoms with van der Waals surface area (Å²) in [5.74, 6) is -3.65. The third kappa shape index (κ3) is 4.35. The van der Waals surface area contributed by atoms with Crippen molar-refractivity contribution in [2.24, 2.45) is 5.92 Å². The summed E-state index contributed by atoms with van der Waals surface area (Å²) in [4.78, 5) is 61.8. The van der Waals surface area contributed by atoms with Gasteiger partial charge in [-0.25, -0.2) is 4.79 Å². The van der Waals surface area contributed by atoms with Crippen LogP contribution in [0.25, 0.3) is 0 Å². The Morgan fingerprint density at radius 2 is 1.62 bits per heavy atom. The molecule has 32 heavy (non-hydrogen) atoms. The zero-order valence-corrected chi connectivity index (χ0v) is 18.3. The number of amides is 2. The first-order valence-corrected chi connectivity index (χ1v) is 10.1. The number of imide groups is 1. The lowest BCUT2D eigenvalue weighted by molar-refractivity contribution is -0.384. The number of halogens is 2. The lowest BCUT2D eigenvalue weighted by Gasteiger charge is -2.27. The molecular weight excluding hydrogens is 463 g/mol. The zero-order valence-electron chi connectivity index (χ0n) is 16.8. The van der Waals surface area contributed by atoms with Crippen molar-refractivity contribution < 1.29 is 28.8 Å². The van der Waals surface area contributed by atoms with Crippen LogP contribution in [-0.4, -0.2) is 46.0 Å². The summed E-state index contributed by atoms with van der Waals surface area (Å²) < 4.78 is 5.08. The molecule has 0 unspecified atom stereocenters. The summed E-state index contributed by atoms with van der Waals surface area (Å²) >= 11 is 11.9. The zero-order chi connectivity index (χ0) is 23.7. The number of nitro groups is 1. The Labute approximate surface area is 192 Å². The molecule has 0 N–H and O–H groups in total. The van der Waals surface area contributed by atoms with E-state index >= 15 is 0 Å². The molecule has 2 amide bonds. The minimum atomic E-state index is -1.31. The van der Waals surface area contributed by atoms with E-state index in [0.29, 0.717) is 0 Å². The SMILES string of the molecule is CC(C)[C@H](C(=O)OCC(=O)c1cccc([N+](=O)[O-])c1)N1C(=O)c2cc(Cl)c(Cl)cc2C1=O. The molecule has 1 aliphatic rings. The van der Waals surface area contributed by atoms with Crippen LogP contribution in [0.1, 0.15) is 44.9 Å². The van der Waals surface area contributed by atoms with Crippen LogP contribution >= 0.6 is 23.2 Å². The number of fused-ring (bicyclic) bond motifs is 1. The van der Waals surface area contributed by atoms with Crippen LogP contribution in [0.3, 0.4) is 0 Å². The quantitative estimate of drug-likeness (QED) is 0.194. The number of carbonyl (C=O) groups excluding carboxylic acids is 4. The Kier molecular flexibility index (Phi) is 6.61. The van der Waals surface area contributed by atoms with E-state index in [4.69, 9.17) is 27.9 Å². The van der Waals surface area contributed by atoms with Crippen LogP contribution in [0.15, 0.2) is 36.4 Å². The van der Waals surface area contributed by atoms with Crippen LogP contribution in [0.5, 0.6) is 0 Å². The molecule has 2 aromatic rings. The number of hydrogen-bond donors (Lipinski definition) is 0. The van der Waals surface area contributed by atoms with E-state index in [0.717, 1.165) is 11.0 Å². The highest BCUT2D eigenvalue weighted by molar-refractivity contribution is 6.43. The summed E-state index contributed by atoms with van der Waals surface area (Å²) in [7, 11) is 0. The molecule has 1 atom stereocenters. The average molecular weight is 479 g/mol. The van der Waals surface area contributed by atoms with Gasteiger partial charge in [-0.05, 0) is 18.1 Å². The van der Waals surface area contributed by atoms with E-state index in [1.165, 1.54) is 30.3 Å². The maximum atomic E-state index is 12.8. The standard InChI is InChI=1S/C21H16Cl2N2O7/c1-10(2)18(24-19(27)13-7-15(22)16(23)8-14(13)20(24)28)21(29)32-9-17(26)11-4-3-5-12(6-11)25(30)31/h3-8,10,18H,9H2,1-2H3/t18-/m1/s1. The van der Waals surface area contributed by atoms with Crippen molar-refractivity contribution in [2.45, 2.75) is 19.9 Å². The number of ketones is 1. The second kappa shape index (κ2) is 9.05. The van der Waals surface area contributed by atoms with E-state index < -0.39 is 47.1 Å². The molecule has 0 saturated heterocycles. The highest BCUT2D eigenvalue weighted by Crippen LogP contribution is 2.33. The molecule has 166 valence electrons. The monoisotopic (exact) mass is 478 g/mol. The smallest absolute Gasteiger partial charge is 0.330 e. The summed E-state index contributed by atoms with van der Waals surface area (Å²) in [5.41, 5.74) is -0.283. The Morgan fingerprint density at radius 1 is 1.06 bits per heavy atom. The minimum Gasteiger partial charge on any atom is -0.456 e. The van der Waals surface area contributed by atoms with Crippen LogP contribution in [-0.2, 0) is 9.53 Å². The van der Waals surface area contributed by atoms with Crippen molar-refractivity contribution in [1.82, 2.24) is 4.90 Å². The molecule has 1 heterocycles. The van der Waals surface area contributed by atoms with E-state index in [1.54, 1.807) is 13.8 Å². The molecule has 0 saturated carbocycles. The number of esters is 1. The highest BCUT2D eigenvalue weighted by atomic mass is 35.5. The number of benzene rings is 2. The van der Waals surface area contributed by atoms with Gasteiger partial charge in [0.15, 0.2) is 6.61 Å². The maximum Gasteiger partial charge on any atom is 0.330 e. The number of ether oxygens (including phenoxy) is 1. The lowest BCUT2D eigenvalue weighted by atomic mass is 10.0. The second-order valence-electron chi connectivity index (χ2n) is 7.32. The van der Waals surface area contributed by atoms with Crippen LogP contribution < -0.4 is 0 Å². The van der Waals surface area contributed by atoms with E-state index in [1.807, 2.05) is 0 Å². The molecule has 0 aliphatic carbocycles. The largest absolute Gasteiger partial charge is 0.456 e. The summed E-state index contributed by atoms with van der Waals surface area (Å²) in [5, 5.41) is 11.0. The molecule has 3 rings (SSSR count). The maximum absolute atomic E-state index is 12.8. The van der Waals surface area contributed by atoms with Gasteiger partial charge in [0.2, 0.25) is 5.78 Å². The van der Waals surface area contributed by atoms with Gasteiger partial charge in [0, 0.05) is 17.7 Å². The Balaban J connectivity index is 1.79. The van der Waals surface area contributed by atoms with Gasteiger partial charge < -0.3 is 4.74 Å². The Bertz CT molecular complexity index is 1120. The highest BCUT2D eigenvalue weighted by Gasteiger charge is 2.45. The van der Waals surface area contributed by atoms with Gasteiger partial charge >= 0.3 is 5.97 Å². The van der Waals surface area contributed by atoms with Gasteiger partial charge in [0.1, 0.15) is 6.04 Å². The fourth-order valence-electron chi connectivity index (χ4n) is 3.28. The van der Waals surface area contributed by atoms with Crippen LogP contribution in [0, 0.1) is 16.0 Å². The molecule has 0 bridgehead atoms. The molecule has 1 aliphatic heterocycles. The molecule has 0 fully saturated rings. The van der Waals surface area contributed by atoms with Gasteiger partial charge in [0.25, 0.3) is 17.5 Å². The van der Waals surface area contributed by atoms with Crippen molar-refractivity contribution in [2.75, 3.05) is 6.61 Å². The number of Topliss-reactive ketones (excluding diaryl/α,β-unsaturated/α-hetero) is 1. The third-order valence-electron chi connectivity index (χ3n) is 4.83. The van der Waals surface area contributed by atoms with Crippen molar-refractivity contribution in [3.8, 4) is 0 Å². The van der Waals surface area contributed by atoms with Gasteiger partial charge in [-0.2, -0.15) is 0 Å². The van der Waals surface area contributed by atoms with Crippen molar-refractivity contribution in [1.29, 1.82) is 0 Å². The lowest BCUT2D eigenvalue weighted by Crippen LogP contribution is -2.49. The van der Waals surface area contributed by atoms with Crippen molar-refractivity contribution >= 4 is 52.5 Å². The van der Waals surface area contributed by atoms with Gasteiger partial charge in [0.05, 0.1) is 26.1 Å².